The van der Waals surface area contributed by atoms with E-state index in [9.17, 15) is 4.79 Å². The summed E-state index contributed by atoms with van der Waals surface area (Å²) in [6, 6.07) is 13.9. The highest BCUT2D eigenvalue weighted by Crippen LogP contribution is 2.24. The third-order valence-electron chi connectivity index (χ3n) is 4.53. The first-order valence-corrected chi connectivity index (χ1v) is 9.26. The molecule has 3 aromatic rings. The average molecular weight is 375 g/mol. The highest BCUT2D eigenvalue weighted by atomic mass is 16.2. The van der Waals surface area contributed by atoms with Gasteiger partial charge < -0.3 is 9.80 Å². The van der Waals surface area contributed by atoms with Crippen LogP contribution in [0.2, 0.25) is 0 Å². The molecule has 0 unspecified atom stereocenters. The molecule has 3 rings (SSSR count). The molecule has 0 saturated carbocycles. The summed E-state index contributed by atoms with van der Waals surface area (Å²) in [5.41, 5.74) is 3.88. The number of hydrogen-bond donors (Lipinski definition) is 0. The highest BCUT2D eigenvalue weighted by Gasteiger charge is 2.16. The second kappa shape index (κ2) is 9.08. The average Bonchev–Trinajstić information content (AvgIpc) is 2.73. The summed E-state index contributed by atoms with van der Waals surface area (Å²) in [6.07, 6.45) is 6.50. The van der Waals surface area contributed by atoms with Crippen molar-refractivity contribution in [1.29, 1.82) is 0 Å². The van der Waals surface area contributed by atoms with Gasteiger partial charge in [0.25, 0.3) is 0 Å². The summed E-state index contributed by atoms with van der Waals surface area (Å²) in [5.74, 6) is 0.715. The van der Waals surface area contributed by atoms with Crippen molar-refractivity contribution in [3.05, 3.63) is 72.3 Å². The van der Waals surface area contributed by atoms with Gasteiger partial charge in [0, 0.05) is 51.7 Å². The smallest absolute Gasteiger partial charge is 0.225 e. The molecule has 0 fully saturated rings. The first-order valence-electron chi connectivity index (χ1n) is 9.26. The van der Waals surface area contributed by atoms with Crippen molar-refractivity contribution >= 4 is 11.9 Å². The Morgan fingerprint density at radius 1 is 1.00 bits per heavy atom. The van der Waals surface area contributed by atoms with Crippen molar-refractivity contribution in [3.8, 4) is 11.1 Å². The van der Waals surface area contributed by atoms with E-state index in [1.165, 1.54) is 5.56 Å². The Hall–Kier alpha value is -3.28. The molecule has 2 heterocycles. The molecule has 0 radical (unpaired) electrons. The molecule has 28 heavy (non-hydrogen) atoms. The fourth-order valence-corrected chi connectivity index (χ4v) is 2.91. The SMILES string of the molecule is CN(Cc1nc(N(C)C)ncc1-c1ccncc1)C(=O)CCc1ccccc1. The van der Waals surface area contributed by atoms with Crippen molar-refractivity contribution in [2.45, 2.75) is 19.4 Å². The van der Waals surface area contributed by atoms with Gasteiger partial charge in [0.05, 0.1) is 12.2 Å². The normalized spacial score (nSPS) is 10.5. The maximum Gasteiger partial charge on any atom is 0.225 e. The van der Waals surface area contributed by atoms with Crippen LogP contribution in [0.25, 0.3) is 11.1 Å². The number of rotatable bonds is 7. The molecule has 0 aliphatic heterocycles. The zero-order valence-corrected chi connectivity index (χ0v) is 16.5. The zero-order valence-electron chi connectivity index (χ0n) is 16.5. The number of aryl methyl sites for hydroxylation is 1. The first kappa shape index (κ1) is 19.5. The quantitative estimate of drug-likeness (QED) is 0.635. The lowest BCUT2D eigenvalue weighted by Gasteiger charge is -2.20. The van der Waals surface area contributed by atoms with E-state index in [-0.39, 0.29) is 5.91 Å². The Balaban J connectivity index is 1.77. The summed E-state index contributed by atoms with van der Waals surface area (Å²) < 4.78 is 0. The van der Waals surface area contributed by atoms with Gasteiger partial charge in [-0.15, -0.1) is 0 Å². The molecule has 6 heteroatoms. The van der Waals surface area contributed by atoms with E-state index >= 15 is 0 Å². The van der Waals surface area contributed by atoms with E-state index in [0.717, 1.165) is 23.2 Å². The van der Waals surface area contributed by atoms with Crippen molar-refractivity contribution in [3.63, 3.8) is 0 Å². The molecule has 2 aromatic heterocycles. The van der Waals surface area contributed by atoms with E-state index in [1.54, 1.807) is 17.3 Å². The van der Waals surface area contributed by atoms with Gasteiger partial charge in [-0.3, -0.25) is 9.78 Å². The number of aromatic nitrogens is 3. The lowest BCUT2D eigenvalue weighted by Crippen LogP contribution is -2.27. The Morgan fingerprint density at radius 3 is 2.39 bits per heavy atom. The van der Waals surface area contributed by atoms with Crippen LogP contribution in [0.15, 0.2) is 61.1 Å². The third-order valence-corrected chi connectivity index (χ3v) is 4.53. The number of hydrogen-bond acceptors (Lipinski definition) is 5. The van der Waals surface area contributed by atoms with Crippen LogP contribution in [-0.2, 0) is 17.8 Å². The van der Waals surface area contributed by atoms with Gasteiger partial charge in [-0.05, 0) is 29.7 Å². The molecule has 0 aliphatic carbocycles. The van der Waals surface area contributed by atoms with Crippen LogP contribution in [0.4, 0.5) is 5.95 Å². The van der Waals surface area contributed by atoms with Crippen LogP contribution in [-0.4, -0.2) is 46.9 Å². The van der Waals surface area contributed by atoms with Crippen LogP contribution in [0.5, 0.6) is 0 Å². The summed E-state index contributed by atoms with van der Waals surface area (Å²) in [5, 5.41) is 0. The number of amides is 1. The number of nitrogens with zero attached hydrogens (tertiary/aromatic N) is 5. The fraction of sp³-hybridized carbons (Fsp3) is 0.273. The first-order chi connectivity index (χ1) is 13.5. The maximum absolute atomic E-state index is 12.6. The van der Waals surface area contributed by atoms with Gasteiger partial charge in [0.2, 0.25) is 11.9 Å². The van der Waals surface area contributed by atoms with Gasteiger partial charge in [-0.1, -0.05) is 30.3 Å². The van der Waals surface area contributed by atoms with Gasteiger partial charge in [0.15, 0.2) is 0 Å². The van der Waals surface area contributed by atoms with Gasteiger partial charge in [-0.25, -0.2) is 9.97 Å². The van der Waals surface area contributed by atoms with Crippen LogP contribution >= 0.6 is 0 Å². The third kappa shape index (κ3) is 4.91. The molecule has 1 amide bonds. The lowest BCUT2D eigenvalue weighted by molar-refractivity contribution is -0.130. The largest absolute Gasteiger partial charge is 0.347 e. The van der Waals surface area contributed by atoms with Crippen LogP contribution in [0.1, 0.15) is 17.7 Å². The van der Waals surface area contributed by atoms with Gasteiger partial charge >= 0.3 is 0 Å². The van der Waals surface area contributed by atoms with Crippen molar-refractivity contribution in [2.24, 2.45) is 0 Å². The predicted octanol–water partition coefficient (Wildman–Crippen LogP) is 3.20. The lowest BCUT2D eigenvalue weighted by atomic mass is 10.1. The molecule has 0 saturated heterocycles. The molecule has 0 spiro atoms. The minimum atomic E-state index is 0.0922. The van der Waals surface area contributed by atoms with Crippen molar-refractivity contribution < 1.29 is 4.79 Å². The molecule has 1 aromatic carbocycles. The predicted molar refractivity (Wildman–Crippen MR) is 111 cm³/mol. The molecular formula is C22H25N5O. The van der Waals surface area contributed by atoms with E-state index < -0.39 is 0 Å². The second-order valence-electron chi connectivity index (χ2n) is 6.90. The fourth-order valence-electron chi connectivity index (χ4n) is 2.91. The van der Waals surface area contributed by atoms with Crippen molar-refractivity contribution in [2.75, 3.05) is 26.0 Å². The maximum atomic E-state index is 12.6. The van der Waals surface area contributed by atoms with Gasteiger partial charge in [0.1, 0.15) is 0 Å². The van der Waals surface area contributed by atoms with Crippen LogP contribution in [0.3, 0.4) is 0 Å². The standard InChI is InChI=1S/C22H25N5O/c1-26(2)22-24-15-19(18-11-13-23-14-12-18)20(25-22)16-27(3)21(28)10-9-17-7-5-4-6-8-17/h4-8,11-15H,9-10,16H2,1-3H3. The monoisotopic (exact) mass is 375 g/mol. The van der Waals surface area contributed by atoms with E-state index in [1.807, 2.05) is 74.7 Å². The minimum absolute atomic E-state index is 0.0922. The Kier molecular flexibility index (Phi) is 6.32. The summed E-state index contributed by atoms with van der Waals surface area (Å²) in [6.45, 7) is 0.425. The number of pyridine rings is 1. The Labute approximate surface area is 165 Å². The van der Waals surface area contributed by atoms with E-state index in [2.05, 4.69) is 15.0 Å². The highest BCUT2D eigenvalue weighted by molar-refractivity contribution is 5.76. The molecule has 0 aliphatic rings. The molecule has 144 valence electrons. The topological polar surface area (TPSA) is 62.2 Å². The molecule has 0 N–H and O–H groups in total. The minimum Gasteiger partial charge on any atom is -0.347 e. The van der Waals surface area contributed by atoms with Crippen molar-refractivity contribution in [1.82, 2.24) is 19.9 Å². The number of carbonyl (C=O) groups excluding carboxylic acids is 1. The van der Waals surface area contributed by atoms with E-state index in [0.29, 0.717) is 18.9 Å². The van der Waals surface area contributed by atoms with E-state index in [4.69, 9.17) is 0 Å². The molecule has 6 nitrogen and oxygen atoms in total. The summed E-state index contributed by atoms with van der Waals surface area (Å²) in [4.78, 5) is 29.4. The van der Waals surface area contributed by atoms with Gasteiger partial charge in [-0.2, -0.15) is 0 Å². The van der Waals surface area contributed by atoms with Crippen LogP contribution < -0.4 is 4.90 Å². The summed E-state index contributed by atoms with van der Waals surface area (Å²) in [7, 11) is 5.63. The molecule has 0 atom stereocenters. The number of benzene rings is 1. The zero-order chi connectivity index (χ0) is 19.9. The molecular weight excluding hydrogens is 350 g/mol. The second-order valence-corrected chi connectivity index (χ2v) is 6.90. The van der Waals surface area contributed by atoms with Crippen LogP contribution in [0, 0.1) is 0 Å². The number of carbonyl (C=O) groups is 1. The molecule has 0 bridgehead atoms. The Bertz CT molecular complexity index is 913. The number of anilines is 1. The summed E-state index contributed by atoms with van der Waals surface area (Å²) >= 11 is 0. The Morgan fingerprint density at radius 2 is 1.71 bits per heavy atom.